The molecule has 12 nitrogen and oxygen atoms in total. The molecule has 0 aliphatic carbocycles. The van der Waals surface area contributed by atoms with Crippen LogP contribution in [-0.2, 0) is 66.6 Å². The van der Waals surface area contributed by atoms with E-state index in [-0.39, 0.29) is 23.0 Å². The molecule has 16 aromatic rings. The molecule has 12 heteroatoms. The van der Waals surface area contributed by atoms with Crippen molar-refractivity contribution < 1.29 is 63.4 Å². The van der Waals surface area contributed by atoms with E-state index in [4.69, 9.17) is 50.1 Å². The standard InChI is InChI=1S/2C26H31N2O.2C25H29N2O/c2*1-15(2)12-19-14-28(7)23(13-18(19)6)24-17(5)8-9-20-21-10-11-22(16(3)4)27-26(21)29-25(20)24;2*1-7-19-9-11-21-20-10-8-16(4)23(24(20)28-25(21)26-19)22-13-17(5)18(12-15(2)3)14-27(22)6/h2*8-11,13-16H,12H2,1-7H3;2*8-11,13-15H,7,12H2,1-6H3/q4*+1/i1D3,2D3,12D2,15D;;2D3,3D3,12D2,15D;12D2. The van der Waals surface area contributed by atoms with Crippen molar-refractivity contribution in [1.82, 2.24) is 19.9 Å². The second-order valence-electron chi connectivity index (χ2n) is 31.9. The molecule has 16 rings (SSSR count). The van der Waals surface area contributed by atoms with Crippen LogP contribution in [0.1, 0.15) is 225 Å². The Balaban J connectivity index is 0.000000152. The van der Waals surface area contributed by atoms with Crippen LogP contribution in [0.15, 0.2) is 164 Å². The van der Waals surface area contributed by atoms with Gasteiger partial charge < -0.3 is 17.7 Å². The van der Waals surface area contributed by atoms with Gasteiger partial charge in [-0.25, -0.2) is 38.2 Å². The van der Waals surface area contributed by atoms with Gasteiger partial charge in [-0.15, -0.1) is 0 Å². The Hall–Kier alpha value is -10.7. The molecular formula is C102H120N8O4+4. The Bertz CT molecular complexity index is 7240. The van der Waals surface area contributed by atoms with Crippen LogP contribution < -0.4 is 18.3 Å². The first-order valence-electron chi connectivity index (χ1n) is 49.5. The summed E-state index contributed by atoms with van der Waals surface area (Å²) in [6, 6.07) is 40.5. The van der Waals surface area contributed by atoms with E-state index in [1.807, 2.05) is 108 Å². The first-order valence-corrected chi connectivity index (χ1v) is 39.5. The van der Waals surface area contributed by atoms with Gasteiger partial charge in [-0.1, -0.05) is 145 Å². The van der Waals surface area contributed by atoms with Gasteiger partial charge in [0.1, 0.15) is 28.2 Å². The van der Waals surface area contributed by atoms with Crippen LogP contribution in [0.3, 0.4) is 0 Å². The van der Waals surface area contributed by atoms with Gasteiger partial charge in [-0.2, -0.15) is 0 Å². The number of fused-ring (bicyclic) bond motifs is 12. The van der Waals surface area contributed by atoms with Gasteiger partial charge in [0.2, 0.25) is 45.6 Å². The van der Waals surface area contributed by atoms with E-state index < -0.39 is 58.3 Å². The maximum absolute atomic E-state index is 8.67. The fourth-order valence-electron chi connectivity index (χ4n) is 15.4. The van der Waals surface area contributed by atoms with E-state index in [0.717, 1.165) is 158 Å². The zero-order valence-electron chi connectivity index (χ0n) is 90.0. The number of benzene rings is 4. The number of aromatic nitrogens is 8. The van der Waals surface area contributed by atoms with Gasteiger partial charge >= 0.3 is 0 Å². The van der Waals surface area contributed by atoms with Crippen molar-refractivity contribution in [2.45, 2.75) is 202 Å². The fraction of sp³-hybridized carbons (Fsp3) is 0.373. The fourth-order valence-corrected chi connectivity index (χ4v) is 15.4. The minimum absolute atomic E-state index is 0.110. The topological polar surface area (TPSA) is 120 Å². The molecule has 0 amide bonds. The third-order valence-electron chi connectivity index (χ3n) is 21.6. The molecule has 0 aliphatic heterocycles. The number of aryl methyl sites for hydroxylation is 14. The van der Waals surface area contributed by atoms with Crippen LogP contribution in [0.4, 0.5) is 0 Å². The van der Waals surface area contributed by atoms with Gasteiger partial charge in [0.05, 0.1) is 22.3 Å². The van der Waals surface area contributed by atoms with E-state index >= 15 is 0 Å². The van der Waals surface area contributed by atoms with Crippen LogP contribution in [0, 0.1) is 79.0 Å². The van der Waals surface area contributed by atoms with E-state index in [2.05, 4.69) is 163 Å². The van der Waals surface area contributed by atoms with Gasteiger partial charge in [-0.3, -0.25) is 0 Å². The average molecular weight is 1540 g/mol. The molecule has 12 aromatic heterocycles. The lowest BCUT2D eigenvalue weighted by atomic mass is 9.96. The van der Waals surface area contributed by atoms with Gasteiger partial charge in [0.25, 0.3) is 0 Å². The number of hydrogen-bond acceptors (Lipinski definition) is 8. The lowest BCUT2D eigenvalue weighted by Crippen LogP contribution is -2.32. The first-order chi connectivity index (χ1) is 62.2. The number of nitrogens with zero attached hydrogens (tertiary/aromatic N) is 8. The molecule has 0 bridgehead atoms. The van der Waals surface area contributed by atoms with Crippen molar-refractivity contribution in [3.63, 3.8) is 0 Å². The molecule has 4 aromatic carbocycles. The number of furan rings is 4. The Kier molecular flexibility index (Phi) is 17.3. The van der Waals surface area contributed by atoms with E-state index in [1.54, 1.807) is 49.2 Å². The lowest BCUT2D eigenvalue weighted by molar-refractivity contribution is -0.661. The summed E-state index contributed by atoms with van der Waals surface area (Å²) in [5, 5.41) is 7.78. The summed E-state index contributed by atoms with van der Waals surface area (Å²) in [6.07, 6.45) is 2.25. The highest BCUT2D eigenvalue weighted by atomic mass is 16.4. The summed E-state index contributed by atoms with van der Waals surface area (Å²) >= 11 is 0. The zero-order chi connectivity index (χ0) is 99.0. The molecule has 114 heavy (non-hydrogen) atoms. The Morgan fingerprint density at radius 1 is 0.333 bits per heavy atom. The monoisotopic (exact) mass is 1540 g/mol. The van der Waals surface area contributed by atoms with Crippen molar-refractivity contribution in [2.75, 3.05) is 0 Å². The predicted octanol–water partition coefficient (Wildman–Crippen LogP) is 24.5. The molecule has 0 spiro atoms. The predicted molar refractivity (Wildman–Crippen MR) is 472 cm³/mol. The van der Waals surface area contributed by atoms with E-state index in [0.29, 0.717) is 62.7 Å². The van der Waals surface area contributed by atoms with Crippen molar-refractivity contribution in [1.29, 1.82) is 0 Å². The number of rotatable bonds is 16. The van der Waals surface area contributed by atoms with Gasteiger partial charge in [0, 0.05) is 140 Å². The maximum atomic E-state index is 8.67. The Morgan fingerprint density at radius 2 is 0.605 bits per heavy atom. The lowest BCUT2D eigenvalue weighted by Gasteiger charge is -2.11. The second kappa shape index (κ2) is 33.4. The minimum atomic E-state index is -3.41. The van der Waals surface area contributed by atoms with Crippen molar-refractivity contribution >= 4 is 88.3 Å². The third kappa shape index (κ3) is 16.4. The zero-order valence-corrected chi connectivity index (χ0v) is 70.0. The highest BCUT2D eigenvalue weighted by molar-refractivity contribution is 6.12. The maximum Gasteiger partial charge on any atom is 0.227 e. The van der Waals surface area contributed by atoms with Crippen molar-refractivity contribution in [3.8, 4) is 45.0 Å². The average Bonchev–Trinajstić information content (AvgIpc) is 0.914. The Labute approximate surface area is 703 Å². The molecule has 0 fully saturated rings. The molecule has 0 radical (unpaired) electrons. The molecule has 0 saturated carbocycles. The van der Waals surface area contributed by atoms with Crippen LogP contribution >= 0.6 is 0 Å². The van der Waals surface area contributed by atoms with Gasteiger partial charge in [-0.05, 0) is 222 Å². The minimum Gasteiger partial charge on any atom is -0.437 e. The molecular weight excluding hydrogens is 1400 g/mol. The molecule has 0 N–H and O–H groups in total. The summed E-state index contributed by atoms with van der Waals surface area (Å²) in [7, 11) is 7.44. The molecule has 12 heterocycles. The SMILES string of the molecule is Cc1cc(-c2c(C)ccc3c2oc2nc(C(C)C)ccc23)[n+](C)cc1CC(C)C.[2H]C([2H])([2H])C([2H])(C([2H])([2H])[2H])C([2H])([2H])c1c[n+](C)c(-c2c(C)ccc3c2oc2nc(C(C)C)ccc23)cc1C.[2H]C([2H])([2H])C([2H])(C([2H])([2H])[2H])C([2H])([2H])c1c[n+](C)c(-c2c(C)ccc3c2oc2nc(CC)ccc23)cc1C.[2H]C([2H])(c1c[n+](C)c(-c2c(C)ccc3c2oc2nc(CC)ccc23)cc1C)C(C)C. The first kappa shape index (κ1) is 59.0. The van der Waals surface area contributed by atoms with Crippen molar-refractivity contribution in [3.05, 3.63) is 236 Å². The van der Waals surface area contributed by atoms with E-state index in [1.165, 1.54) is 34.8 Å². The van der Waals surface area contributed by atoms with Gasteiger partial charge in [0.15, 0.2) is 47.1 Å². The number of pyridine rings is 8. The van der Waals surface area contributed by atoms with Crippen LogP contribution in [0.25, 0.3) is 133 Å². The smallest absolute Gasteiger partial charge is 0.227 e. The Morgan fingerprint density at radius 3 is 0.886 bits per heavy atom. The normalized spacial score (nSPS) is 15.5. The molecule has 0 aliphatic rings. The molecule has 588 valence electrons. The summed E-state index contributed by atoms with van der Waals surface area (Å²) in [6.45, 7) is 22.7. The summed E-state index contributed by atoms with van der Waals surface area (Å²) in [4.78, 5) is 18.8. The summed E-state index contributed by atoms with van der Waals surface area (Å²) in [5.74, 6) is -5.64. The molecule has 0 unspecified atom stereocenters. The molecule has 0 atom stereocenters. The van der Waals surface area contributed by atoms with Crippen molar-refractivity contribution in [2.24, 2.45) is 51.8 Å². The largest absolute Gasteiger partial charge is 0.437 e. The van der Waals surface area contributed by atoms with Crippen LogP contribution in [0.5, 0.6) is 0 Å². The van der Waals surface area contributed by atoms with Crippen LogP contribution in [0.2, 0.25) is 0 Å². The van der Waals surface area contributed by atoms with Crippen LogP contribution in [-0.4, -0.2) is 19.9 Å². The quantitative estimate of drug-likeness (QED) is 0.0878. The summed E-state index contributed by atoms with van der Waals surface area (Å²) < 4.78 is 195. The number of hydrogen-bond donors (Lipinski definition) is 0. The molecule has 0 saturated heterocycles. The second-order valence-corrected chi connectivity index (χ2v) is 31.9. The highest BCUT2D eigenvalue weighted by Gasteiger charge is 2.29. The third-order valence-corrected chi connectivity index (χ3v) is 21.6. The highest BCUT2D eigenvalue weighted by Crippen LogP contribution is 2.43. The summed E-state index contributed by atoms with van der Waals surface area (Å²) in [5.41, 5.74) is 25.4. The van der Waals surface area contributed by atoms with E-state index in [9.17, 15) is 0 Å².